The number of aromatic nitrogens is 2. The van der Waals surface area contributed by atoms with Gasteiger partial charge in [0.05, 0.1) is 39.9 Å². The highest BCUT2D eigenvalue weighted by Crippen LogP contribution is 2.37. The van der Waals surface area contributed by atoms with Crippen molar-refractivity contribution in [2.75, 3.05) is 18.5 Å². The molecule has 0 spiro atoms. The van der Waals surface area contributed by atoms with Gasteiger partial charge in [-0.1, -0.05) is 35.3 Å². The number of carbonyl (C=O) groups is 4. The summed E-state index contributed by atoms with van der Waals surface area (Å²) in [6.45, 7) is 5.11. The van der Waals surface area contributed by atoms with Gasteiger partial charge in [-0.15, -0.1) is 0 Å². The van der Waals surface area contributed by atoms with Crippen molar-refractivity contribution < 1.29 is 64.8 Å². The lowest BCUT2D eigenvalue weighted by atomic mass is 10.2. The summed E-state index contributed by atoms with van der Waals surface area (Å²) in [7, 11) is -4.35. The fourth-order valence-corrected chi connectivity index (χ4v) is 5.86. The average Bonchev–Trinajstić information content (AvgIpc) is 3.07. The van der Waals surface area contributed by atoms with Crippen LogP contribution in [-0.4, -0.2) is 72.9 Å². The maximum Gasteiger partial charge on any atom is 0.416 e. The van der Waals surface area contributed by atoms with E-state index in [1.807, 2.05) is 4.72 Å². The molecule has 3 aromatic carbocycles. The van der Waals surface area contributed by atoms with Crippen LogP contribution in [0.1, 0.15) is 44.6 Å². The molecule has 1 aromatic heterocycles. The highest BCUT2D eigenvalue weighted by atomic mass is 35.5. The van der Waals surface area contributed by atoms with E-state index in [2.05, 4.69) is 15.3 Å². The Kier molecular flexibility index (Phi) is 13.6. The summed E-state index contributed by atoms with van der Waals surface area (Å²) in [5.74, 6) is -3.24. The van der Waals surface area contributed by atoms with Gasteiger partial charge in [0.15, 0.2) is 6.10 Å². The predicted octanol–water partition coefficient (Wildman–Crippen LogP) is 6.59. The Morgan fingerprint density at radius 3 is 2.15 bits per heavy atom. The van der Waals surface area contributed by atoms with Crippen molar-refractivity contribution in [2.45, 2.75) is 44.1 Å². The number of nitrogens with one attached hydrogen (secondary N) is 2. The van der Waals surface area contributed by atoms with E-state index in [1.165, 1.54) is 36.4 Å². The molecule has 2 amide bonds. The number of ether oxygens (including phenoxy) is 4. The molecule has 1 fully saturated rings. The highest BCUT2D eigenvalue weighted by molar-refractivity contribution is 7.90. The van der Waals surface area contributed by atoms with E-state index in [1.54, 1.807) is 19.9 Å². The third kappa shape index (κ3) is 11.7. The second-order valence-electron chi connectivity index (χ2n) is 11.4. The van der Waals surface area contributed by atoms with Gasteiger partial charge in [0.1, 0.15) is 22.5 Å². The van der Waals surface area contributed by atoms with Gasteiger partial charge in [-0.3, -0.25) is 5.32 Å². The molecule has 0 bridgehead atoms. The van der Waals surface area contributed by atoms with Crippen LogP contribution in [0.15, 0.2) is 71.6 Å². The Balaban J connectivity index is 0.000000245. The Labute approximate surface area is 320 Å². The number of urea groups is 1. The summed E-state index contributed by atoms with van der Waals surface area (Å²) >= 11 is 11.7. The number of carboxylic acid groups (broad SMARTS) is 1. The average molecular weight is 830 g/mol. The number of rotatable bonds is 10. The number of amides is 2. The number of hydrogen-bond acceptors (Lipinski definition) is 12. The van der Waals surface area contributed by atoms with Crippen LogP contribution in [-0.2, 0) is 35.2 Å². The van der Waals surface area contributed by atoms with E-state index in [4.69, 9.17) is 47.3 Å². The van der Waals surface area contributed by atoms with Crippen molar-refractivity contribution in [2.24, 2.45) is 0 Å². The molecule has 292 valence electrons. The van der Waals surface area contributed by atoms with Crippen LogP contribution >= 0.6 is 23.2 Å². The molecule has 0 saturated carbocycles. The number of halogens is 5. The number of nitrogens with zero attached hydrogens (tertiary/aromatic N) is 2. The zero-order chi connectivity index (χ0) is 40.7. The Morgan fingerprint density at radius 2 is 1.56 bits per heavy atom. The second kappa shape index (κ2) is 17.8. The first-order valence-electron chi connectivity index (χ1n) is 15.5. The molecule has 0 radical (unpaired) electrons. The Morgan fingerprint density at radius 1 is 0.909 bits per heavy atom. The number of sulfonamides is 1. The SMILES string of the molecule is C[C@H](OC(=O)c1cc(Oc2ccc(C(F)(F)F)cc2Cl)ccc1Cl)C(=O)O.Cc1cc(C)nc(NC(=O)NS(=O)(=O)c2ccccc2C(=O)OC2COC2)n1. The molecular formula is C34H29Cl2F3N4O11S. The van der Waals surface area contributed by atoms with Crippen LogP contribution in [0.3, 0.4) is 0 Å². The van der Waals surface area contributed by atoms with Crippen molar-refractivity contribution in [1.29, 1.82) is 0 Å². The molecule has 1 atom stereocenters. The molecule has 2 heterocycles. The van der Waals surface area contributed by atoms with Crippen LogP contribution in [0.5, 0.6) is 11.5 Å². The van der Waals surface area contributed by atoms with Crippen LogP contribution in [0.25, 0.3) is 0 Å². The van der Waals surface area contributed by atoms with Crippen LogP contribution in [0.2, 0.25) is 10.0 Å². The van der Waals surface area contributed by atoms with Crippen LogP contribution in [0.4, 0.5) is 23.9 Å². The molecule has 1 aliphatic rings. The second-order valence-corrected chi connectivity index (χ2v) is 13.8. The van der Waals surface area contributed by atoms with Gasteiger partial charge in [0.2, 0.25) is 5.95 Å². The summed E-state index contributed by atoms with van der Waals surface area (Å²) < 4.78 is 85.3. The number of aliphatic carboxylic acids is 1. The first kappa shape index (κ1) is 42.2. The molecule has 15 nitrogen and oxygen atoms in total. The van der Waals surface area contributed by atoms with Crippen molar-refractivity contribution in [1.82, 2.24) is 14.7 Å². The molecule has 1 saturated heterocycles. The quantitative estimate of drug-likeness (QED) is 0.144. The predicted molar refractivity (Wildman–Crippen MR) is 188 cm³/mol. The van der Waals surface area contributed by atoms with E-state index < -0.39 is 57.9 Å². The standard InChI is InChI=1S/C17H11Cl2F3O5.C17H18N4O6S/c1-8(15(23)24)26-16(25)11-7-10(3-4-12(11)18)27-14-5-2-9(6-13(14)19)17(20,21)22;1-10-7-11(2)19-16(18-10)20-17(23)21-28(24,25)14-6-4-3-5-13(14)15(22)27-12-8-26-9-12/h2-8H,1H3,(H,23,24);3-7,12H,8-9H2,1-2H3,(H2,18,19,20,21,23)/t8-;/m0./s1. The van der Waals surface area contributed by atoms with Gasteiger partial charge in [-0.25, -0.2) is 42.3 Å². The number of hydrogen-bond donors (Lipinski definition) is 3. The zero-order valence-electron chi connectivity index (χ0n) is 28.6. The number of carbonyl (C=O) groups excluding carboxylic acids is 3. The monoisotopic (exact) mass is 828 g/mol. The van der Waals surface area contributed by atoms with Gasteiger partial charge in [0.25, 0.3) is 10.0 Å². The van der Waals surface area contributed by atoms with Crippen molar-refractivity contribution in [3.8, 4) is 11.5 Å². The molecule has 0 aliphatic carbocycles. The first-order valence-corrected chi connectivity index (χ1v) is 17.8. The number of aryl methyl sites for hydroxylation is 2. The van der Waals surface area contributed by atoms with Gasteiger partial charge in [-0.05, 0) is 75.4 Å². The molecule has 5 rings (SSSR count). The maximum atomic E-state index is 12.7. The first-order chi connectivity index (χ1) is 25.7. The minimum absolute atomic E-state index is 0.0246. The third-order valence-electron chi connectivity index (χ3n) is 6.99. The summed E-state index contributed by atoms with van der Waals surface area (Å²) in [6, 6.07) is 12.4. The van der Waals surface area contributed by atoms with Crippen molar-refractivity contribution >= 4 is 63.1 Å². The van der Waals surface area contributed by atoms with Crippen LogP contribution in [0, 0.1) is 13.8 Å². The lowest BCUT2D eigenvalue weighted by Crippen LogP contribution is -2.39. The minimum atomic E-state index is -4.56. The molecule has 4 aromatic rings. The Bertz CT molecular complexity index is 2200. The van der Waals surface area contributed by atoms with Gasteiger partial charge in [-0.2, -0.15) is 13.2 Å². The zero-order valence-corrected chi connectivity index (χ0v) is 31.0. The largest absolute Gasteiger partial charge is 0.479 e. The van der Waals surface area contributed by atoms with E-state index in [0.717, 1.165) is 25.1 Å². The maximum absolute atomic E-state index is 12.7. The smallest absolute Gasteiger partial charge is 0.416 e. The topological polar surface area (TPSA) is 209 Å². The summed E-state index contributed by atoms with van der Waals surface area (Å²) in [5, 5.41) is 10.7. The molecule has 0 unspecified atom stereocenters. The number of benzene rings is 3. The Hall–Kier alpha value is -5.50. The normalized spacial score (nSPS) is 13.2. The highest BCUT2D eigenvalue weighted by Gasteiger charge is 2.32. The fourth-order valence-electron chi connectivity index (χ4n) is 4.34. The van der Waals surface area contributed by atoms with E-state index in [9.17, 15) is 40.8 Å². The molecule has 21 heteroatoms. The van der Waals surface area contributed by atoms with Gasteiger partial charge >= 0.3 is 30.1 Å². The molecule has 55 heavy (non-hydrogen) atoms. The van der Waals surface area contributed by atoms with Crippen molar-refractivity contribution in [3.63, 3.8) is 0 Å². The molecule has 1 aliphatic heterocycles. The van der Waals surface area contributed by atoms with E-state index >= 15 is 0 Å². The van der Waals surface area contributed by atoms with E-state index in [0.29, 0.717) is 17.5 Å². The summed E-state index contributed by atoms with van der Waals surface area (Å²) in [6.07, 6.45) is -6.37. The number of anilines is 1. The summed E-state index contributed by atoms with van der Waals surface area (Å²) in [5.41, 5.74) is -0.0806. The lowest BCUT2D eigenvalue weighted by Gasteiger charge is -2.25. The van der Waals surface area contributed by atoms with E-state index in [-0.39, 0.29) is 56.7 Å². The van der Waals surface area contributed by atoms with Crippen molar-refractivity contribution in [3.05, 3.63) is 105 Å². The van der Waals surface area contributed by atoms with Gasteiger partial charge < -0.3 is 24.1 Å². The van der Waals surface area contributed by atoms with Crippen LogP contribution < -0.4 is 14.8 Å². The molecular weight excluding hydrogens is 800 g/mol. The lowest BCUT2D eigenvalue weighted by molar-refractivity contribution is -0.146. The third-order valence-corrected chi connectivity index (χ3v) is 9.00. The minimum Gasteiger partial charge on any atom is -0.479 e. The fraction of sp³-hybridized carbons (Fsp3) is 0.235. The number of alkyl halides is 3. The van der Waals surface area contributed by atoms with Gasteiger partial charge in [0, 0.05) is 11.4 Å². The number of esters is 2. The number of carboxylic acids is 1. The summed E-state index contributed by atoms with van der Waals surface area (Å²) in [4.78, 5) is 54.8. The molecule has 3 N–H and O–H groups in total.